The zero-order chi connectivity index (χ0) is 10.7. The van der Waals surface area contributed by atoms with Crippen molar-refractivity contribution in [2.24, 2.45) is 0 Å². The van der Waals surface area contributed by atoms with Crippen molar-refractivity contribution in [3.63, 3.8) is 0 Å². The molecule has 0 saturated carbocycles. The summed E-state index contributed by atoms with van der Waals surface area (Å²) >= 11 is 7.13. The number of carbonyl (C=O) groups is 1. The Morgan fingerprint density at radius 1 is 1.71 bits per heavy atom. The van der Waals surface area contributed by atoms with Gasteiger partial charge in [0, 0.05) is 0 Å². The topological polar surface area (TPSA) is 50.2 Å². The molecule has 0 radical (unpaired) electrons. The summed E-state index contributed by atoms with van der Waals surface area (Å²) < 4.78 is 0. The number of aryl methyl sites for hydroxylation is 1. The minimum absolute atomic E-state index is 0.251. The summed E-state index contributed by atoms with van der Waals surface area (Å²) in [7, 11) is 0. The summed E-state index contributed by atoms with van der Waals surface area (Å²) in [5.74, 6) is -0.185. The van der Waals surface area contributed by atoms with Crippen molar-refractivity contribution in [1.82, 2.24) is 4.98 Å². The molecule has 5 heteroatoms. The number of pyridine rings is 1. The van der Waals surface area contributed by atoms with Crippen molar-refractivity contribution >= 4 is 29.3 Å². The SMILES string of the molecule is CCSc1nc(Cl)cc(C)c1C(=O)O. The van der Waals surface area contributed by atoms with E-state index in [0.29, 0.717) is 15.7 Å². The lowest BCUT2D eigenvalue weighted by atomic mass is 10.2. The Labute approximate surface area is 91.5 Å². The fraction of sp³-hybridized carbons (Fsp3) is 0.333. The van der Waals surface area contributed by atoms with Crippen LogP contribution in [0, 0.1) is 6.92 Å². The number of rotatable bonds is 3. The zero-order valence-electron chi connectivity index (χ0n) is 7.87. The third kappa shape index (κ3) is 2.39. The van der Waals surface area contributed by atoms with Crippen molar-refractivity contribution in [2.45, 2.75) is 18.9 Å². The Balaban J connectivity index is 3.28. The molecule has 0 unspecified atom stereocenters. The Hall–Kier alpha value is -0.740. The van der Waals surface area contributed by atoms with Crippen molar-refractivity contribution in [2.75, 3.05) is 5.75 Å². The second-order valence-corrected chi connectivity index (χ2v) is 4.32. The van der Waals surface area contributed by atoms with Gasteiger partial charge in [0.1, 0.15) is 10.2 Å². The van der Waals surface area contributed by atoms with Gasteiger partial charge in [0.25, 0.3) is 0 Å². The van der Waals surface area contributed by atoms with Crippen LogP contribution in [0.15, 0.2) is 11.1 Å². The quantitative estimate of drug-likeness (QED) is 0.642. The molecule has 0 aliphatic rings. The first-order chi connectivity index (χ1) is 6.56. The number of hydrogen-bond donors (Lipinski definition) is 1. The van der Waals surface area contributed by atoms with Gasteiger partial charge in [0.2, 0.25) is 0 Å². The number of aromatic nitrogens is 1. The van der Waals surface area contributed by atoms with Gasteiger partial charge in [-0.25, -0.2) is 9.78 Å². The lowest BCUT2D eigenvalue weighted by Crippen LogP contribution is -2.04. The highest BCUT2D eigenvalue weighted by atomic mass is 35.5. The summed E-state index contributed by atoms with van der Waals surface area (Å²) in [5, 5.41) is 9.79. The third-order valence-corrected chi connectivity index (χ3v) is 2.70. The number of nitrogens with zero attached hydrogens (tertiary/aromatic N) is 1. The molecule has 3 nitrogen and oxygen atoms in total. The lowest BCUT2D eigenvalue weighted by Gasteiger charge is -2.06. The summed E-state index contributed by atoms with van der Waals surface area (Å²) in [6.07, 6.45) is 0. The Morgan fingerprint density at radius 2 is 2.36 bits per heavy atom. The molecule has 14 heavy (non-hydrogen) atoms. The first-order valence-electron chi connectivity index (χ1n) is 4.09. The molecule has 1 heterocycles. The zero-order valence-corrected chi connectivity index (χ0v) is 9.45. The van der Waals surface area contributed by atoms with Crippen LogP contribution in [0.4, 0.5) is 0 Å². The maximum Gasteiger partial charge on any atom is 0.338 e. The number of hydrogen-bond acceptors (Lipinski definition) is 3. The highest BCUT2D eigenvalue weighted by Gasteiger charge is 2.15. The van der Waals surface area contributed by atoms with Gasteiger partial charge in [-0.1, -0.05) is 18.5 Å². The second-order valence-electron chi connectivity index (χ2n) is 2.68. The van der Waals surface area contributed by atoms with Crippen LogP contribution in [0.1, 0.15) is 22.8 Å². The molecule has 1 N–H and O–H groups in total. The Morgan fingerprint density at radius 3 is 2.86 bits per heavy atom. The fourth-order valence-corrected chi connectivity index (χ4v) is 2.23. The highest BCUT2D eigenvalue weighted by Crippen LogP contribution is 2.25. The number of thioether (sulfide) groups is 1. The van der Waals surface area contributed by atoms with Gasteiger partial charge < -0.3 is 5.11 Å². The number of carboxylic acid groups (broad SMARTS) is 1. The van der Waals surface area contributed by atoms with E-state index in [9.17, 15) is 4.79 Å². The van der Waals surface area contributed by atoms with Crippen LogP contribution >= 0.6 is 23.4 Å². The van der Waals surface area contributed by atoms with Gasteiger partial charge in [-0.3, -0.25) is 0 Å². The third-order valence-electron chi connectivity index (χ3n) is 1.65. The van der Waals surface area contributed by atoms with Gasteiger partial charge in [-0.2, -0.15) is 0 Å². The average Bonchev–Trinajstić information content (AvgIpc) is 2.01. The smallest absolute Gasteiger partial charge is 0.338 e. The molecular formula is C9H10ClNO2S. The van der Waals surface area contributed by atoms with E-state index in [4.69, 9.17) is 16.7 Å². The number of carboxylic acids is 1. The first-order valence-corrected chi connectivity index (χ1v) is 5.45. The Kier molecular flexibility index (Phi) is 3.77. The van der Waals surface area contributed by atoms with Crippen LogP contribution in [-0.2, 0) is 0 Å². The van der Waals surface area contributed by atoms with Gasteiger partial charge in [-0.15, -0.1) is 11.8 Å². The van der Waals surface area contributed by atoms with Crippen LogP contribution in [0.5, 0.6) is 0 Å². The molecule has 0 atom stereocenters. The maximum atomic E-state index is 10.9. The fourth-order valence-electron chi connectivity index (χ4n) is 1.11. The summed E-state index contributed by atoms with van der Waals surface area (Å²) in [4.78, 5) is 14.9. The van der Waals surface area contributed by atoms with Crippen molar-refractivity contribution < 1.29 is 9.90 Å². The van der Waals surface area contributed by atoms with Crippen LogP contribution in [0.2, 0.25) is 5.15 Å². The van der Waals surface area contributed by atoms with Gasteiger partial charge in [-0.05, 0) is 24.3 Å². The van der Waals surface area contributed by atoms with Crippen LogP contribution in [0.25, 0.3) is 0 Å². The largest absolute Gasteiger partial charge is 0.478 e. The molecule has 1 aromatic rings. The predicted octanol–water partition coefficient (Wildman–Crippen LogP) is 2.85. The van der Waals surface area contributed by atoms with E-state index in [0.717, 1.165) is 5.75 Å². The standard InChI is InChI=1S/C9H10ClNO2S/c1-3-14-8-7(9(12)13)5(2)4-6(10)11-8/h4H,3H2,1-2H3,(H,12,13). The van der Waals surface area contributed by atoms with Crippen LogP contribution in [0.3, 0.4) is 0 Å². The lowest BCUT2D eigenvalue weighted by molar-refractivity contribution is 0.0691. The summed E-state index contributed by atoms with van der Waals surface area (Å²) in [6, 6.07) is 1.56. The monoisotopic (exact) mass is 231 g/mol. The van der Waals surface area contributed by atoms with Crippen LogP contribution < -0.4 is 0 Å². The van der Waals surface area contributed by atoms with Crippen molar-refractivity contribution in [1.29, 1.82) is 0 Å². The number of halogens is 1. The molecule has 1 rings (SSSR count). The van der Waals surface area contributed by atoms with Crippen molar-refractivity contribution in [3.05, 3.63) is 22.3 Å². The minimum atomic E-state index is -0.956. The molecule has 0 aliphatic heterocycles. The van der Waals surface area contributed by atoms with E-state index in [-0.39, 0.29) is 5.56 Å². The molecule has 0 bridgehead atoms. The molecule has 0 aliphatic carbocycles. The molecular weight excluding hydrogens is 222 g/mol. The predicted molar refractivity (Wildman–Crippen MR) is 57.3 cm³/mol. The molecule has 0 aromatic carbocycles. The molecule has 0 amide bonds. The van der Waals surface area contributed by atoms with E-state index in [2.05, 4.69) is 4.98 Å². The molecule has 0 fully saturated rings. The van der Waals surface area contributed by atoms with E-state index >= 15 is 0 Å². The average molecular weight is 232 g/mol. The van der Waals surface area contributed by atoms with E-state index in [1.165, 1.54) is 11.8 Å². The van der Waals surface area contributed by atoms with E-state index < -0.39 is 5.97 Å². The summed E-state index contributed by atoms with van der Waals surface area (Å²) in [6.45, 7) is 3.66. The Bertz CT molecular complexity index is 368. The van der Waals surface area contributed by atoms with Gasteiger partial charge in [0.15, 0.2) is 0 Å². The normalized spacial score (nSPS) is 10.2. The van der Waals surface area contributed by atoms with E-state index in [1.807, 2.05) is 6.92 Å². The van der Waals surface area contributed by atoms with Gasteiger partial charge >= 0.3 is 5.97 Å². The number of aromatic carboxylic acids is 1. The second kappa shape index (κ2) is 4.66. The first kappa shape index (κ1) is 11.3. The van der Waals surface area contributed by atoms with Crippen LogP contribution in [-0.4, -0.2) is 21.8 Å². The molecule has 1 aromatic heterocycles. The minimum Gasteiger partial charge on any atom is -0.478 e. The molecule has 0 spiro atoms. The highest BCUT2D eigenvalue weighted by molar-refractivity contribution is 7.99. The maximum absolute atomic E-state index is 10.9. The summed E-state index contributed by atoms with van der Waals surface area (Å²) in [5.41, 5.74) is 0.898. The van der Waals surface area contributed by atoms with E-state index in [1.54, 1.807) is 13.0 Å². The molecule has 76 valence electrons. The van der Waals surface area contributed by atoms with Crippen molar-refractivity contribution in [3.8, 4) is 0 Å². The molecule has 0 saturated heterocycles. The van der Waals surface area contributed by atoms with Gasteiger partial charge in [0.05, 0.1) is 5.56 Å².